The molecule has 10 heteroatoms. The van der Waals surface area contributed by atoms with E-state index >= 15 is 0 Å². The molecule has 0 bridgehead atoms. The van der Waals surface area contributed by atoms with Crippen molar-refractivity contribution in [2.75, 3.05) is 19.8 Å². The topological polar surface area (TPSA) is 140 Å². The van der Waals surface area contributed by atoms with Gasteiger partial charge >= 0.3 is 11.9 Å². The Labute approximate surface area is 211 Å². The first-order valence-corrected chi connectivity index (χ1v) is 12.4. The van der Waals surface area contributed by atoms with Gasteiger partial charge in [-0.2, -0.15) is 0 Å². The van der Waals surface area contributed by atoms with E-state index in [-0.39, 0.29) is 56.3 Å². The summed E-state index contributed by atoms with van der Waals surface area (Å²) < 4.78 is 9.89. The van der Waals surface area contributed by atoms with Crippen LogP contribution in [0.3, 0.4) is 0 Å². The molecular weight excluding hydrogens is 466 g/mol. The Morgan fingerprint density at radius 3 is 2.25 bits per heavy atom. The molecule has 198 valence electrons. The van der Waals surface area contributed by atoms with Gasteiger partial charge in [0.25, 0.3) is 0 Å². The van der Waals surface area contributed by atoms with E-state index in [2.05, 4.69) is 16.0 Å². The number of amides is 3. The van der Waals surface area contributed by atoms with Crippen LogP contribution >= 0.6 is 0 Å². The van der Waals surface area contributed by atoms with Gasteiger partial charge in [-0.05, 0) is 44.1 Å². The highest BCUT2D eigenvalue weighted by atomic mass is 16.5. The molecule has 1 aromatic carbocycles. The number of carbonyl (C=O) groups excluding carboxylic acids is 5. The van der Waals surface area contributed by atoms with Gasteiger partial charge in [0.05, 0.1) is 19.8 Å². The van der Waals surface area contributed by atoms with Crippen molar-refractivity contribution in [1.29, 1.82) is 0 Å². The number of ether oxygens (including phenoxy) is 2. The van der Waals surface area contributed by atoms with Gasteiger partial charge < -0.3 is 25.4 Å². The largest absolute Gasteiger partial charge is 0.466 e. The lowest BCUT2D eigenvalue weighted by atomic mass is 10.0. The lowest BCUT2D eigenvalue weighted by Crippen LogP contribution is -2.55. The molecular formula is C26H37N3O7. The molecule has 1 saturated carbocycles. The van der Waals surface area contributed by atoms with Crippen LogP contribution in [0.2, 0.25) is 0 Å². The zero-order chi connectivity index (χ0) is 26.7. The van der Waals surface area contributed by atoms with Gasteiger partial charge in [0.1, 0.15) is 12.1 Å². The second-order valence-electron chi connectivity index (χ2n) is 9.02. The summed E-state index contributed by atoms with van der Waals surface area (Å²) in [6.07, 6.45) is 0.658. The number of hydrogen-bond acceptors (Lipinski definition) is 7. The highest BCUT2D eigenvalue weighted by molar-refractivity contribution is 5.93. The maximum Gasteiger partial charge on any atom is 0.328 e. The molecule has 36 heavy (non-hydrogen) atoms. The van der Waals surface area contributed by atoms with Crippen LogP contribution in [0.4, 0.5) is 0 Å². The van der Waals surface area contributed by atoms with E-state index in [0.717, 1.165) is 12.0 Å². The third kappa shape index (κ3) is 8.98. The third-order valence-corrected chi connectivity index (χ3v) is 5.87. The van der Waals surface area contributed by atoms with Crippen LogP contribution in [0.15, 0.2) is 30.3 Å². The monoisotopic (exact) mass is 503 g/mol. The third-order valence-electron chi connectivity index (χ3n) is 5.87. The Hall–Kier alpha value is -3.43. The van der Waals surface area contributed by atoms with Crippen molar-refractivity contribution in [1.82, 2.24) is 16.0 Å². The van der Waals surface area contributed by atoms with Crippen LogP contribution in [0, 0.1) is 11.8 Å². The minimum absolute atomic E-state index is 0.00218. The molecule has 1 aliphatic rings. The van der Waals surface area contributed by atoms with Crippen LogP contribution in [0.5, 0.6) is 0 Å². The molecule has 10 nitrogen and oxygen atoms in total. The zero-order valence-electron chi connectivity index (χ0n) is 21.4. The Morgan fingerprint density at radius 2 is 1.64 bits per heavy atom. The van der Waals surface area contributed by atoms with Crippen LogP contribution in [-0.2, 0) is 33.4 Å². The van der Waals surface area contributed by atoms with Crippen LogP contribution < -0.4 is 16.0 Å². The molecule has 1 fully saturated rings. The number of benzene rings is 1. The normalized spacial score (nSPS) is 17.9. The molecule has 0 aliphatic heterocycles. The lowest BCUT2D eigenvalue weighted by molar-refractivity contribution is -0.149. The van der Waals surface area contributed by atoms with Crippen LogP contribution in [0.1, 0.15) is 58.4 Å². The van der Waals surface area contributed by atoms with Crippen LogP contribution in [0.25, 0.3) is 0 Å². The number of carbonyl (C=O) groups is 5. The van der Waals surface area contributed by atoms with Gasteiger partial charge in [0.2, 0.25) is 17.7 Å². The molecule has 0 radical (unpaired) electrons. The molecule has 2 rings (SSSR count). The van der Waals surface area contributed by atoms with E-state index in [1.807, 2.05) is 30.3 Å². The molecule has 3 N–H and O–H groups in total. The van der Waals surface area contributed by atoms with Crippen molar-refractivity contribution >= 4 is 29.7 Å². The summed E-state index contributed by atoms with van der Waals surface area (Å²) in [4.78, 5) is 61.9. The first kappa shape index (κ1) is 28.8. The van der Waals surface area contributed by atoms with Crippen molar-refractivity contribution in [3.05, 3.63) is 35.9 Å². The van der Waals surface area contributed by atoms with Crippen molar-refractivity contribution in [3.63, 3.8) is 0 Å². The fourth-order valence-electron chi connectivity index (χ4n) is 3.86. The van der Waals surface area contributed by atoms with Gasteiger partial charge in [0.15, 0.2) is 0 Å². The fraction of sp³-hybridized carbons (Fsp3) is 0.577. The number of nitrogens with one attached hydrogen (secondary N) is 3. The molecule has 0 spiro atoms. The van der Waals surface area contributed by atoms with Crippen molar-refractivity contribution in [2.24, 2.45) is 11.8 Å². The molecule has 1 aliphatic carbocycles. The minimum atomic E-state index is -1.07. The van der Waals surface area contributed by atoms with E-state index in [4.69, 9.17) is 9.47 Å². The van der Waals surface area contributed by atoms with Crippen molar-refractivity contribution < 1.29 is 33.4 Å². The molecule has 0 saturated heterocycles. The molecule has 2 unspecified atom stereocenters. The number of hydrogen-bond donors (Lipinski definition) is 3. The Morgan fingerprint density at radius 1 is 0.972 bits per heavy atom. The minimum Gasteiger partial charge on any atom is -0.466 e. The van der Waals surface area contributed by atoms with Gasteiger partial charge in [-0.15, -0.1) is 0 Å². The summed E-state index contributed by atoms with van der Waals surface area (Å²) in [7, 11) is 0. The molecule has 0 heterocycles. The summed E-state index contributed by atoms with van der Waals surface area (Å²) in [6, 6.07) is 7.71. The van der Waals surface area contributed by atoms with Gasteiger partial charge in [0, 0.05) is 12.3 Å². The SMILES string of the molecule is CCOC(=O)CC[C@@H](NC(=O)[C@@H](NC(=O)CNC(=O)C1CC1c1ccccc1)C(C)C)C(=O)OCC. The first-order valence-electron chi connectivity index (χ1n) is 12.4. The summed E-state index contributed by atoms with van der Waals surface area (Å²) in [6.45, 7) is 6.86. The van der Waals surface area contributed by atoms with Gasteiger partial charge in [-0.1, -0.05) is 44.2 Å². The summed E-state index contributed by atoms with van der Waals surface area (Å²) in [5.74, 6) is -2.79. The van der Waals surface area contributed by atoms with E-state index < -0.39 is 35.8 Å². The highest BCUT2D eigenvalue weighted by Gasteiger charge is 2.43. The average molecular weight is 504 g/mol. The highest BCUT2D eigenvalue weighted by Crippen LogP contribution is 2.47. The summed E-state index contributed by atoms with van der Waals surface area (Å²) >= 11 is 0. The Bertz CT molecular complexity index is 919. The second-order valence-corrected chi connectivity index (χ2v) is 9.02. The Kier molecular flexibility index (Phi) is 11.4. The molecule has 3 amide bonds. The van der Waals surface area contributed by atoms with Gasteiger partial charge in [-0.25, -0.2) is 4.79 Å². The molecule has 1 aromatic rings. The Balaban J connectivity index is 1.88. The van der Waals surface area contributed by atoms with E-state index in [1.165, 1.54) is 0 Å². The molecule has 4 atom stereocenters. The zero-order valence-corrected chi connectivity index (χ0v) is 21.4. The maximum absolute atomic E-state index is 12.9. The van der Waals surface area contributed by atoms with E-state index in [0.29, 0.717) is 0 Å². The van der Waals surface area contributed by atoms with E-state index in [9.17, 15) is 24.0 Å². The maximum atomic E-state index is 12.9. The number of rotatable bonds is 14. The van der Waals surface area contributed by atoms with Crippen molar-refractivity contribution in [3.8, 4) is 0 Å². The quantitative estimate of drug-likeness (QED) is 0.326. The van der Waals surface area contributed by atoms with Crippen LogP contribution in [-0.4, -0.2) is 61.5 Å². The van der Waals surface area contributed by atoms with E-state index in [1.54, 1.807) is 27.7 Å². The lowest BCUT2D eigenvalue weighted by Gasteiger charge is -2.25. The predicted octanol–water partition coefficient (Wildman–Crippen LogP) is 1.44. The summed E-state index contributed by atoms with van der Waals surface area (Å²) in [5, 5.41) is 7.85. The standard InChI is InChI=1S/C26H37N3O7/c1-5-35-22(31)13-12-20(26(34)36-6-2)28-25(33)23(16(3)4)29-21(30)15-27-24(32)19-14-18(19)17-10-8-7-9-11-17/h7-11,16,18-20,23H,5-6,12-15H2,1-4H3,(H,27,32)(H,28,33)(H,29,30)/t18?,19?,20-,23+/m1/s1. The second kappa shape index (κ2) is 14.2. The molecule has 0 aromatic heterocycles. The predicted molar refractivity (Wildman–Crippen MR) is 131 cm³/mol. The average Bonchev–Trinajstić information content (AvgIpc) is 3.65. The first-order chi connectivity index (χ1) is 17.2. The van der Waals surface area contributed by atoms with Crippen molar-refractivity contribution in [2.45, 2.75) is 65.0 Å². The fourth-order valence-corrected chi connectivity index (χ4v) is 3.86. The smallest absolute Gasteiger partial charge is 0.328 e. The summed E-state index contributed by atoms with van der Waals surface area (Å²) in [5.41, 5.74) is 1.10. The number of esters is 2. The van der Waals surface area contributed by atoms with Gasteiger partial charge in [-0.3, -0.25) is 19.2 Å².